The van der Waals surface area contributed by atoms with E-state index in [0.29, 0.717) is 49.7 Å². The Kier molecular flexibility index (Phi) is 20.5. The van der Waals surface area contributed by atoms with Crippen molar-refractivity contribution in [1.82, 2.24) is 38.6 Å². The van der Waals surface area contributed by atoms with Gasteiger partial charge < -0.3 is 79.8 Å². The van der Waals surface area contributed by atoms with E-state index in [1.54, 1.807) is 13.8 Å². The number of imidazole rings is 1. The Morgan fingerprint density at radius 3 is 1.86 bits per heavy atom. The van der Waals surface area contributed by atoms with Crippen LogP contribution in [-0.2, 0) is 46.2 Å². The Labute approximate surface area is 428 Å². The van der Waals surface area contributed by atoms with Crippen LogP contribution in [0.3, 0.4) is 0 Å². The van der Waals surface area contributed by atoms with E-state index < -0.39 is 132 Å². The van der Waals surface area contributed by atoms with Crippen LogP contribution in [0.2, 0.25) is 0 Å². The zero-order valence-corrected chi connectivity index (χ0v) is 43.1. The molecule has 34 nitrogen and oxygen atoms in total. The summed E-state index contributed by atoms with van der Waals surface area (Å²) in [6, 6.07) is 1.07. The molecular weight excluding hydrogens is 1090 g/mol. The summed E-state index contributed by atoms with van der Waals surface area (Å²) in [5.74, 6) is -1.52. The molecule has 0 radical (unpaired) electrons. The predicted molar refractivity (Wildman–Crippen MR) is 256 cm³/mol. The van der Waals surface area contributed by atoms with Crippen LogP contribution < -0.4 is 33.5 Å². The number of aliphatic hydroxyl groups excluding tert-OH is 4. The molecule has 4 fully saturated rings. The first-order valence-electron chi connectivity index (χ1n) is 23.2. The number of nitrogens with zero attached hydrogens (tertiary/aromatic N) is 6. The van der Waals surface area contributed by atoms with E-state index in [4.69, 9.17) is 54.0 Å². The minimum absolute atomic E-state index is 0.0638. The zero-order chi connectivity index (χ0) is 55.9. The summed E-state index contributed by atoms with van der Waals surface area (Å²) in [5.41, 5.74) is 3.79. The molecular formula is C39H61N10O24P3. The lowest BCUT2D eigenvalue weighted by Crippen LogP contribution is -2.37. The molecule has 2 aliphatic carbocycles. The van der Waals surface area contributed by atoms with Crippen molar-refractivity contribution in [3.63, 3.8) is 0 Å². The molecule has 2 aliphatic heterocycles. The average Bonchev–Trinajstić information content (AvgIpc) is 4.12. The van der Waals surface area contributed by atoms with Crippen molar-refractivity contribution in [3.05, 3.63) is 78.9 Å². The first kappa shape index (κ1) is 60.9. The average molecular weight is 1150 g/mol. The van der Waals surface area contributed by atoms with Crippen molar-refractivity contribution in [2.24, 2.45) is 17.6 Å². The molecule has 4 aromatic rings. The molecule has 4 aliphatic rings. The van der Waals surface area contributed by atoms with Crippen LogP contribution in [0.15, 0.2) is 56.4 Å². The van der Waals surface area contributed by atoms with E-state index in [9.17, 15) is 53.3 Å². The number of aliphatic hydroxyl groups is 4. The van der Waals surface area contributed by atoms with Crippen molar-refractivity contribution in [3.8, 4) is 0 Å². The number of nitrogens with two attached hydrogens (primary N) is 1. The number of phosphoric ester groups is 3. The van der Waals surface area contributed by atoms with E-state index in [1.165, 1.54) is 40.2 Å². The van der Waals surface area contributed by atoms with Crippen molar-refractivity contribution in [1.29, 1.82) is 0 Å². The number of aromatic amines is 2. The molecule has 0 bridgehead atoms. The Morgan fingerprint density at radius 1 is 0.711 bits per heavy atom. The molecule has 2 saturated heterocycles. The van der Waals surface area contributed by atoms with Gasteiger partial charge in [-0.05, 0) is 46.1 Å². The van der Waals surface area contributed by atoms with Crippen molar-refractivity contribution in [2.45, 2.75) is 106 Å². The Morgan fingerprint density at radius 2 is 1.26 bits per heavy atom. The summed E-state index contributed by atoms with van der Waals surface area (Å²) < 4.78 is 72.3. The van der Waals surface area contributed by atoms with E-state index in [1.807, 2.05) is 4.98 Å². The highest BCUT2D eigenvalue weighted by atomic mass is 31.2. The maximum absolute atomic E-state index is 12.1. The highest BCUT2D eigenvalue weighted by Crippen LogP contribution is 2.48. The Hall–Kier alpha value is -4.32. The van der Waals surface area contributed by atoms with Gasteiger partial charge in [-0.15, -0.1) is 0 Å². The second kappa shape index (κ2) is 25.6. The molecule has 0 spiro atoms. The number of phosphoric acid groups is 3. The molecule has 0 aromatic carbocycles. The van der Waals surface area contributed by atoms with Gasteiger partial charge in [0.05, 0.1) is 50.4 Å². The lowest BCUT2D eigenvalue weighted by atomic mass is 10.1. The highest BCUT2D eigenvalue weighted by molar-refractivity contribution is 7.46. The van der Waals surface area contributed by atoms with Crippen LogP contribution in [0.5, 0.6) is 0 Å². The monoisotopic (exact) mass is 1150 g/mol. The highest BCUT2D eigenvalue weighted by Gasteiger charge is 2.55. The SMILES string of the molecule is CC1(C)OC2[C@H](n3ccc(=O)[nH]c3=O)C[C@H](COP(=O)(O)O)[C@H]2O1.NCCCOCCCNc1ncnc2c1ncn2[C@@H]1O[C@H](COP(=O)(O)O)[C@@H](O)[C@H]1O.O=c1ccn([C@@H]2C[C@H](COP(=O)(O)O)[C@@H](O)[C@H]2O)c(=O)[nH]1. The molecule has 8 rings (SSSR count). The van der Waals surface area contributed by atoms with E-state index in [-0.39, 0.29) is 18.9 Å². The summed E-state index contributed by atoms with van der Waals surface area (Å²) in [6.45, 7) is 4.54. The Balaban J connectivity index is 0.000000189. The number of aromatic nitrogens is 8. The number of fused-ring (bicyclic) bond motifs is 2. The Bertz CT molecular complexity index is 2960. The molecule has 0 amide bonds. The second-order valence-electron chi connectivity index (χ2n) is 18.2. The van der Waals surface area contributed by atoms with E-state index in [0.717, 1.165) is 23.5 Å². The van der Waals surface area contributed by atoms with Crippen LogP contribution in [0.4, 0.5) is 5.82 Å². The minimum Gasteiger partial charge on any atom is -0.390 e. The molecule has 6 heterocycles. The van der Waals surface area contributed by atoms with Crippen LogP contribution in [0.1, 0.15) is 57.8 Å². The fourth-order valence-corrected chi connectivity index (χ4v) is 10.0. The first-order valence-corrected chi connectivity index (χ1v) is 27.8. The molecule has 426 valence electrons. The van der Waals surface area contributed by atoms with Crippen LogP contribution in [0.25, 0.3) is 11.2 Å². The molecule has 15 N–H and O–H groups in total. The fraction of sp³-hybridized carbons (Fsp3) is 0.667. The van der Waals surface area contributed by atoms with Gasteiger partial charge in [0.2, 0.25) is 0 Å². The minimum atomic E-state index is -4.75. The smallest absolute Gasteiger partial charge is 0.390 e. The zero-order valence-electron chi connectivity index (χ0n) is 40.5. The van der Waals surface area contributed by atoms with E-state index in [2.05, 4.69) is 38.8 Å². The van der Waals surface area contributed by atoms with Gasteiger partial charge in [0.15, 0.2) is 29.0 Å². The van der Waals surface area contributed by atoms with Crippen LogP contribution in [-0.4, -0.2) is 183 Å². The lowest BCUT2D eigenvalue weighted by molar-refractivity contribution is -0.161. The number of hydrogen-bond acceptors (Lipinski definition) is 23. The summed E-state index contributed by atoms with van der Waals surface area (Å²) in [5, 5.41) is 43.5. The number of ether oxygens (including phenoxy) is 4. The summed E-state index contributed by atoms with van der Waals surface area (Å²) in [6.07, 6.45) is -1.38. The van der Waals surface area contributed by atoms with Gasteiger partial charge in [-0.25, -0.2) is 38.2 Å². The number of nitrogens with one attached hydrogen (secondary N) is 3. The van der Waals surface area contributed by atoms with Gasteiger partial charge in [-0.2, -0.15) is 0 Å². The van der Waals surface area contributed by atoms with Crippen LogP contribution >= 0.6 is 23.5 Å². The lowest BCUT2D eigenvalue weighted by Gasteiger charge is -2.24. The maximum Gasteiger partial charge on any atom is 0.469 e. The van der Waals surface area contributed by atoms with Gasteiger partial charge in [-0.3, -0.25) is 46.8 Å². The topological polar surface area (TPSA) is 509 Å². The largest absolute Gasteiger partial charge is 0.469 e. The van der Waals surface area contributed by atoms with Crippen molar-refractivity contribution in [2.75, 3.05) is 51.4 Å². The number of hydrogen-bond donors (Lipinski definition) is 14. The summed E-state index contributed by atoms with van der Waals surface area (Å²) in [4.78, 5) is 116. The third kappa shape index (κ3) is 16.4. The molecule has 76 heavy (non-hydrogen) atoms. The maximum atomic E-state index is 12.1. The third-order valence-electron chi connectivity index (χ3n) is 12.3. The predicted octanol–water partition coefficient (Wildman–Crippen LogP) is -3.62. The van der Waals surface area contributed by atoms with Gasteiger partial charge in [0.1, 0.15) is 36.8 Å². The third-order valence-corrected chi connectivity index (χ3v) is 13.7. The first-order chi connectivity index (χ1) is 35.6. The van der Waals surface area contributed by atoms with Crippen molar-refractivity contribution < 1.29 is 96.0 Å². The van der Waals surface area contributed by atoms with Crippen LogP contribution in [0, 0.1) is 11.8 Å². The molecule has 12 atom stereocenters. The fourth-order valence-electron chi connectivity index (χ4n) is 8.90. The van der Waals surface area contributed by atoms with E-state index >= 15 is 0 Å². The normalized spacial score (nSPS) is 28.2. The quantitative estimate of drug-likeness (QED) is 0.0300. The molecule has 2 saturated carbocycles. The number of H-pyrrole nitrogens is 2. The summed E-state index contributed by atoms with van der Waals surface area (Å²) >= 11 is 0. The van der Waals surface area contributed by atoms with Gasteiger partial charge in [-0.1, -0.05) is 0 Å². The second-order valence-corrected chi connectivity index (χ2v) is 21.9. The van der Waals surface area contributed by atoms with Gasteiger partial charge in [0, 0.05) is 56.1 Å². The number of rotatable bonds is 20. The van der Waals surface area contributed by atoms with Gasteiger partial charge >= 0.3 is 34.8 Å². The molecule has 1 unspecified atom stereocenters. The standard InChI is InChI=1S/C16H27N6O8P.C13H19N2O8P.C10H15N2O8P/c17-3-1-5-28-6-2-4-18-14-11-15(20-8-19-14)22(9-21-11)16-13(24)12(23)10(30-16)7-29-31(25,26)27;1-13(2)22-10-7(6-21-24(18,19)20)5-8(11(10)23-13)15-4-3-9(16)14-12(15)17;13-7-1-2-12(10(16)11-7)6-3-5(8(14)9(6)15)4-20-21(17,18)19/h8-10,12-13,16,23-24H,1-7,17H2,(H,18,19,20)(H2,25,26,27);3-4,7-8,10-11H,5-6H2,1-2H3,(H,14,16,17)(H2,18,19,20);1-2,5-6,8-9,14-15H,3-4H2,(H,11,13,16)(H2,17,18,19)/t10-,12-,13-,16-;7-,8-,10-,11?;5-,6-,8-,9+/m111/s1. The molecule has 37 heteroatoms. The number of anilines is 1. The molecule has 4 aromatic heterocycles. The summed E-state index contributed by atoms with van der Waals surface area (Å²) in [7, 11) is -14.0. The van der Waals surface area contributed by atoms with Crippen molar-refractivity contribution >= 4 is 40.4 Å². The van der Waals surface area contributed by atoms with Gasteiger partial charge in [0.25, 0.3) is 11.1 Å².